The largest absolute Gasteiger partial charge is 0.416 e. The molecule has 0 saturated heterocycles. The lowest BCUT2D eigenvalue weighted by Gasteiger charge is -2.13. The first-order valence-corrected chi connectivity index (χ1v) is 6.33. The van der Waals surface area contributed by atoms with E-state index in [4.69, 9.17) is 11.5 Å². The molecule has 0 heterocycles. The molecule has 0 aliphatic rings. The second kappa shape index (κ2) is 8.51. The third-order valence-electron chi connectivity index (χ3n) is 2.81. The van der Waals surface area contributed by atoms with E-state index < -0.39 is 23.5 Å². The Kier molecular flexibility index (Phi) is 8.02. The second-order valence-electron chi connectivity index (χ2n) is 4.59. The maximum Gasteiger partial charge on any atom is 0.416 e. The summed E-state index contributed by atoms with van der Waals surface area (Å²) in [7, 11) is 0. The summed E-state index contributed by atoms with van der Waals surface area (Å²) >= 11 is 0. The molecule has 0 atom stereocenters. The molecule has 0 spiro atoms. The van der Waals surface area contributed by atoms with Gasteiger partial charge < -0.3 is 11.5 Å². The fraction of sp³-hybridized carbons (Fsp3) is 0.462. The summed E-state index contributed by atoms with van der Waals surface area (Å²) in [6.07, 6.45) is -8.24. The average Bonchev–Trinajstić information content (AvgIpc) is 2.37. The maximum atomic E-state index is 12.7. The van der Waals surface area contributed by atoms with E-state index in [1.54, 1.807) is 0 Å². The van der Waals surface area contributed by atoms with E-state index in [0.717, 1.165) is 0 Å². The lowest BCUT2D eigenvalue weighted by atomic mass is 10.0. The molecule has 0 amide bonds. The van der Waals surface area contributed by atoms with Crippen molar-refractivity contribution in [3.05, 3.63) is 34.9 Å². The zero-order chi connectivity index (χ0) is 17.0. The molecule has 0 radical (unpaired) electrons. The molecule has 23 heavy (non-hydrogen) atoms. The fourth-order valence-electron chi connectivity index (χ4n) is 1.89. The van der Waals surface area contributed by atoms with Gasteiger partial charge in [-0.15, -0.1) is 12.4 Å². The number of hydrogen-bond acceptors (Lipinski definition) is 2. The van der Waals surface area contributed by atoms with Gasteiger partial charge in [0.25, 0.3) is 0 Å². The van der Waals surface area contributed by atoms with E-state index in [2.05, 4.69) is 0 Å². The van der Waals surface area contributed by atoms with Crippen LogP contribution in [0, 0.1) is 0 Å². The van der Waals surface area contributed by atoms with Crippen molar-refractivity contribution in [1.29, 1.82) is 0 Å². The van der Waals surface area contributed by atoms with Gasteiger partial charge in [-0.3, -0.25) is 0 Å². The van der Waals surface area contributed by atoms with Gasteiger partial charge in [-0.05, 0) is 18.2 Å². The van der Waals surface area contributed by atoms with E-state index >= 15 is 0 Å². The Labute approximate surface area is 135 Å². The van der Waals surface area contributed by atoms with Gasteiger partial charge in [-0.25, -0.2) is 4.58 Å². The van der Waals surface area contributed by atoms with E-state index in [1.807, 2.05) is 0 Å². The molecule has 10 heteroatoms. The van der Waals surface area contributed by atoms with Crippen molar-refractivity contribution < 1.29 is 30.9 Å². The standard InChI is InChI=1S/C13H16F6N3.ClH/c14-12(15,16)10-5-9(6-11(7-10)13(17,18)19)8-22(3-1-20)4-2-21;/h3,5-7H,1-2,4,8,20-21H2;1H/q+1;. The molecular weight excluding hydrogens is 348 g/mol. The highest BCUT2D eigenvalue weighted by molar-refractivity contribution is 5.85. The highest BCUT2D eigenvalue weighted by Gasteiger charge is 2.37. The van der Waals surface area contributed by atoms with Crippen LogP contribution in [0.2, 0.25) is 0 Å². The Bertz CT molecular complexity index is 507. The third kappa shape index (κ3) is 6.76. The smallest absolute Gasteiger partial charge is 0.325 e. The van der Waals surface area contributed by atoms with Crippen molar-refractivity contribution in [2.24, 2.45) is 11.5 Å². The number of nitrogens with two attached hydrogens (primary N) is 2. The number of benzene rings is 1. The lowest BCUT2D eigenvalue weighted by molar-refractivity contribution is -0.537. The molecule has 0 fully saturated rings. The summed E-state index contributed by atoms with van der Waals surface area (Å²) in [5.41, 5.74) is 7.88. The minimum Gasteiger partial charge on any atom is -0.325 e. The van der Waals surface area contributed by atoms with Crippen LogP contribution in [0.25, 0.3) is 0 Å². The van der Waals surface area contributed by atoms with Crippen molar-refractivity contribution in [3.63, 3.8) is 0 Å². The van der Waals surface area contributed by atoms with Crippen LogP contribution in [-0.4, -0.2) is 30.4 Å². The van der Waals surface area contributed by atoms with E-state index in [0.29, 0.717) is 12.1 Å². The topological polar surface area (TPSA) is 55.0 Å². The van der Waals surface area contributed by atoms with Crippen LogP contribution in [0.3, 0.4) is 0 Å². The van der Waals surface area contributed by atoms with Crippen molar-refractivity contribution in [1.82, 2.24) is 0 Å². The van der Waals surface area contributed by atoms with E-state index in [-0.39, 0.29) is 50.2 Å². The number of nitrogens with zero attached hydrogens (tertiary/aromatic N) is 1. The predicted octanol–water partition coefficient (Wildman–Crippen LogP) is 2.65. The summed E-state index contributed by atoms with van der Waals surface area (Å²) in [5, 5.41) is 0. The molecule has 0 saturated carbocycles. The Morgan fingerprint density at radius 3 is 1.74 bits per heavy atom. The van der Waals surface area contributed by atoms with Gasteiger partial charge >= 0.3 is 12.4 Å². The molecular formula is C13H17ClF6N3+. The SMILES string of the molecule is Cl.NCC=[N+](CCN)Cc1cc(C(F)(F)F)cc(C(F)(F)F)c1. The third-order valence-corrected chi connectivity index (χ3v) is 2.81. The molecule has 3 nitrogen and oxygen atoms in total. The van der Waals surface area contributed by atoms with Crippen LogP contribution in [0.1, 0.15) is 16.7 Å². The van der Waals surface area contributed by atoms with Crippen molar-refractivity contribution in [2.75, 3.05) is 19.6 Å². The molecule has 0 unspecified atom stereocenters. The first kappa shape index (κ1) is 21.7. The van der Waals surface area contributed by atoms with Gasteiger partial charge in [-0.2, -0.15) is 26.3 Å². The maximum absolute atomic E-state index is 12.7. The summed E-state index contributed by atoms with van der Waals surface area (Å²) in [5.74, 6) is 0. The highest BCUT2D eigenvalue weighted by Crippen LogP contribution is 2.36. The van der Waals surface area contributed by atoms with Gasteiger partial charge in [0, 0.05) is 5.56 Å². The van der Waals surface area contributed by atoms with E-state index in [1.165, 1.54) is 10.8 Å². The minimum atomic E-state index is -4.85. The van der Waals surface area contributed by atoms with Crippen molar-refractivity contribution in [2.45, 2.75) is 18.9 Å². The monoisotopic (exact) mass is 364 g/mol. The molecule has 0 aliphatic carbocycles. The summed E-state index contributed by atoms with van der Waals surface area (Å²) < 4.78 is 77.9. The molecule has 1 rings (SSSR count). The Hall–Kier alpha value is -1.32. The van der Waals surface area contributed by atoms with Gasteiger partial charge in [0.1, 0.15) is 0 Å². The number of halogens is 7. The Morgan fingerprint density at radius 2 is 1.39 bits per heavy atom. The predicted molar refractivity (Wildman–Crippen MR) is 76.7 cm³/mol. The summed E-state index contributed by atoms with van der Waals surface area (Å²) in [6.45, 7) is 0.433. The van der Waals surface area contributed by atoms with Crippen LogP contribution >= 0.6 is 12.4 Å². The molecule has 0 aromatic heterocycles. The van der Waals surface area contributed by atoms with Crippen LogP contribution in [-0.2, 0) is 18.9 Å². The Balaban J connectivity index is 0.00000484. The fourth-order valence-corrected chi connectivity index (χ4v) is 1.89. The van der Waals surface area contributed by atoms with Crippen LogP contribution in [0.4, 0.5) is 26.3 Å². The summed E-state index contributed by atoms with van der Waals surface area (Å²) in [4.78, 5) is 0. The zero-order valence-corrected chi connectivity index (χ0v) is 12.7. The van der Waals surface area contributed by atoms with Gasteiger partial charge in [0.05, 0.1) is 24.2 Å². The second-order valence-corrected chi connectivity index (χ2v) is 4.59. The Morgan fingerprint density at radius 1 is 0.913 bits per heavy atom. The lowest BCUT2D eigenvalue weighted by Crippen LogP contribution is -2.24. The quantitative estimate of drug-likeness (QED) is 0.479. The first-order chi connectivity index (χ1) is 10.1. The first-order valence-electron chi connectivity index (χ1n) is 6.33. The van der Waals surface area contributed by atoms with Crippen LogP contribution in [0.5, 0.6) is 0 Å². The number of rotatable bonds is 5. The van der Waals surface area contributed by atoms with Crippen LogP contribution < -0.4 is 11.5 Å². The van der Waals surface area contributed by atoms with Gasteiger partial charge in [0.2, 0.25) is 0 Å². The number of hydrogen-bond donors (Lipinski definition) is 2. The molecule has 4 N–H and O–H groups in total. The minimum absolute atomic E-state index is 0. The number of alkyl halides is 6. The van der Waals surface area contributed by atoms with Crippen LogP contribution in [0.15, 0.2) is 18.2 Å². The molecule has 1 aromatic rings. The van der Waals surface area contributed by atoms with E-state index in [9.17, 15) is 26.3 Å². The van der Waals surface area contributed by atoms with Gasteiger partial charge in [-0.1, -0.05) is 0 Å². The highest BCUT2D eigenvalue weighted by atomic mass is 35.5. The van der Waals surface area contributed by atoms with Gasteiger partial charge in [0.15, 0.2) is 19.3 Å². The zero-order valence-electron chi connectivity index (χ0n) is 11.9. The normalized spacial score (nSPS) is 13.0. The van der Waals surface area contributed by atoms with Crippen molar-refractivity contribution >= 4 is 18.6 Å². The molecule has 132 valence electrons. The molecule has 0 bridgehead atoms. The molecule has 1 aromatic carbocycles. The average molecular weight is 365 g/mol. The molecule has 0 aliphatic heterocycles. The summed E-state index contributed by atoms with van der Waals surface area (Å²) in [6, 6.07) is 1.50. The van der Waals surface area contributed by atoms with Crippen molar-refractivity contribution in [3.8, 4) is 0 Å².